The largest absolute Gasteiger partial charge is 0.367 e. The van der Waals surface area contributed by atoms with Gasteiger partial charge in [0, 0.05) is 30.9 Å². The topological polar surface area (TPSA) is 87.9 Å². The molecule has 7 unspecified atom stereocenters. The minimum atomic E-state index is -0.479. The molecule has 8 nitrogen and oxygen atoms in total. The van der Waals surface area contributed by atoms with Crippen LogP contribution in [0, 0.1) is 17.6 Å². The Labute approximate surface area is 310 Å². The van der Waals surface area contributed by atoms with Crippen LogP contribution in [0.3, 0.4) is 0 Å². The molecule has 5 aliphatic rings. The van der Waals surface area contributed by atoms with Gasteiger partial charge in [0.15, 0.2) is 11.6 Å². The van der Waals surface area contributed by atoms with Gasteiger partial charge in [0.25, 0.3) is 0 Å². The Balaban J connectivity index is 0.994. The number of fused-ring (bicyclic) bond motifs is 3. The molecule has 10 heteroatoms. The third-order valence-corrected chi connectivity index (χ3v) is 13.3. The lowest BCUT2D eigenvalue weighted by Gasteiger charge is -2.35. The molecule has 2 aromatic heterocycles. The van der Waals surface area contributed by atoms with Crippen molar-refractivity contribution in [2.24, 2.45) is 5.92 Å². The lowest BCUT2D eigenvalue weighted by molar-refractivity contribution is 0.506. The molecule has 0 amide bonds. The highest BCUT2D eigenvalue weighted by Gasteiger charge is 2.40. The monoisotopic (exact) mass is 718 g/mol. The van der Waals surface area contributed by atoms with Crippen molar-refractivity contribution in [1.82, 2.24) is 30.6 Å². The molecule has 6 heterocycles. The second-order valence-corrected chi connectivity index (χ2v) is 16.7. The van der Waals surface area contributed by atoms with Gasteiger partial charge in [0.2, 0.25) is 0 Å². The van der Waals surface area contributed by atoms with Crippen LogP contribution in [0.1, 0.15) is 137 Å². The van der Waals surface area contributed by atoms with Gasteiger partial charge in [-0.25, -0.2) is 18.7 Å². The number of anilines is 2. The number of hydrogen-bond donors (Lipinski definition) is 4. The number of H-pyrrole nitrogens is 2. The summed E-state index contributed by atoms with van der Waals surface area (Å²) in [6.45, 7) is 3.62. The standard InChI is InChI=1S/C43H52F2N8/c1-2-7-28-12-15-35(46-28)42-48-33-13-10-26(21-36(33)50-42)39-16-17-40(53(39)29-23-30(44)41(31(45)24-29)52-18-4-3-5-19-52)27-11-14-34-37(22-27)51-43(49-34)38-20-25-8-6-9-32(25)47-38/h10-11,13-14,21-25,28,32,35,38-40,46-47H,2-9,12,15-20H2,1H3,(H,48,50)(H,49,51). The molecule has 4 aliphatic heterocycles. The molecule has 0 bridgehead atoms. The average molecular weight is 719 g/mol. The fraction of sp³-hybridized carbons (Fsp3) is 0.535. The number of aromatic nitrogens is 4. The Morgan fingerprint density at radius 2 is 1.36 bits per heavy atom. The first kappa shape index (κ1) is 33.5. The number of benzene rings is 3. The van der Waals surface area contributed by atoms with Crippen molar-refractivity contribution < 1.29 is 8.78 Å². The quantitative estimate of drug-likeness (QED) is 0.128. The van der Waals surface area contributed by atoms with Crippen LogP contribution in [0.15, 0.2) is 48.5 Å². The summed E-state index contributed by atoms with van der Waals surface area (Å²) in [5, 5.41) is 7.62. The zero-order valence-corrected chi connectivity index (χ0v) is 30.8. The highest BCUT2D eigenvalue weighted by atomic mass is 19.1. The third kappa shape index (κ3) is 6.10. The molecule has 1 aliphatic carbocycles. The van der Waals surface area contributed by atoms with Gasteiger partial charge >= 0.3 is 0 Å². The van der Waals surface area contributed by atoms with E-state index in [1.54, 1.807) is 12.1 Å². The Morgan fingerprint density at radius 1 is 0.698 bits per heavy atom. The Bertz CT molecular complexity index is 2080. The van der Waals surface area contributed by atoms with Crippen LogP contribution in [0.2, 0.25) is 0 Å². The van der Waals surface area contributed by atoms with Crippen molar-refractivity contribution in [3.05, 3.63) is 82.9 Å². The second kappa shape index (κ2) is 13.7. The van der Waals surface area contributed by atoms with E-state index >= 15 is 8.78 Å². The first-order chi connectivity index (χ1) is 26.0. The van der Waals surface area contributed by atoms with Crippen LogP contribution in [0.4, 0.5) is 20.2 Å². The minimum absolute atomic E-state index is 0.0639. The summed E-state index contributed by atoms with van der Waals surface area (Å²) in [5.41, 5.74) is 6.90. The number of aromatic amines is 2. The molecule has 4 N–H and O–H groups in total. The van der Waals surface area contributed by atoms with Gasteiger partial charge in [0.05, 0.1) is 46.2 Å². The Hall–Kier alpha value is -4.02. The van der Waals surface area contributed by atoms with Crippen molar-refractivity contribution >= 4 is 33.4 Å². The molecule has 7 atom stereocenters. The van der Waals surface area contributed by atoms with E-state index in [-0.39, 0.29) is 29.9 Å². The number of piperidine rings is 1. The van der Waals surface area contributed by atoms with Crippen molar-refractivity contribution in [2.75, 3.05) is 22.9 Å². The zero-order chi connectivity index (χ0) is 35.6. The predicted molar refractivity (Wildman–Crippen MR) is 207 cm³/mol. The van der Waals surface area contributed by atoms with E-state index in [0.29, 0.717) is 30.9 Å². The van der Waals surface area contributed by atoms with Crippen LogP contribution in [-0.4, -0.2) is 45.1 Å². The summed E-state index contributed by atoms with van der Waals surface area (Å²) in [6.07, 6.45) is 14.4. The number of nitrogens with one attached hydrogen (secondary N) is 4. The van der Waals surface area contributed by atoms with Crippen LogP contribution in [0.5, 0.6) is 0 Å². The molecule has 4 saturated heterocycles. The van der Waals surface area contributed by atoms with Gasteiger partial charge in [-0.15, -0.1) is 0 Å². The van der Waals surface area contributed by atoms with Gasteiger partial charge in [-0.2, -0.15) is 0 Å². The normalized spacial score (nSPS) is 28.9. The molecular weight excluding hydrogens is 667 g/mol. The molecule has 1 saturated carbocycles. The summed E-state index contributed by atoms with van der Waals surface area (Å²) in [4.78, 5) is 21.5. The summed E-state index contributed by atoms with van der Waals surface area (Å²) in [7, 11) is 0. The Morgan fingerprint density at radius 3 is 2.00 bits per heavy atom. The van der Waals surface area contributed by atoms with Gasteiger partial charge in [0.1, 0.15) is 17.3 Å². The van der Waals surface area contributed by atoms with E-state index in [9.17, 15) is 0 Å². The molecule has 53 heavy (non-hydrogen) atoms. The number of rotatable bonds is 8. The fourth-order valence-electron chi connectivity index (χ4n) is 10.8. The van der Waals surface area contributed by atoms with E-state index in [1.807, 2.05) is 4.90 Å². The summed E-state index contributed by atoms with van der Waals surface area (Å²) >= 11 is 0. The molecule has 278 valence electrons. The van der Waals surface area contributed by atoms with Gasteiger partial charge in [-0.3, -0.25) is 0 Å². The fourth-order valence-corrected chi connectivity index (χ4v) is 10.8. The van der Waals surface area contributed by atoms with Crippen LogP contribution < -0.4 is 20.4 Å². The maximum Gasteiger partial charge on any atom is 0.151 e. The number of halogens is 2. The maximum atomic E-state index is 16.1. The molecule has 0 spiro atoms. The second-order valence-electron chi connectivity index (χ2n) is 16.7. The lowest BCUT2D eigenvalue weighted by Crippen LogP contribution is -2.31. The van der Waals surface area contributed by atoms with Crippen molar-refractivity contribution in [3.8, 4) is 0 Å². The summed E-state index contributed by atoms with van der Waals surface area (Å²) in [6, 6.07) is 17.7. The van der Waals surface area contributed by atoms with E-state index in [4.69, 9.17) is 9.97 Å². The van der Waals surface area contributed by atoms with Gasteiger partial charge < -0.3 is 30.4 Å². The predicted octanol–water partition coefficient (Wildman–Crippen LogP) is 9.59. The van der Waals surface area contributed by atoms with E-state index < -0.39 is 11.6 Å². The van der Waals surface area contributed by atoms with Crippen LogP contribution in [0.25, 0.3) is 22.1 Å². The highest BCUT2D eigenvalue weighted by molar-refractivity contribution is 5.78. The number of nitrogens with zero attached hydrogens (tertiary/aromatic N) is 4. The van der Waals surface area contributed by atoms with Crippen molar-refractivity contribution in [3.63, 3.8) is 0 Å². The van der Waals surface area contributed by atoms with Gasteiger partial charge in [-0.1, -0.05) is 31.9 Å². The van der Waals surface area contributed by atoms with E-state index in [1.165, 1.54) is 38.5 Å². The molecule has 5 aromatic rings. The number of imidazole rings is 2. The Kier molecular flexibility index (Phi) is 8.66. The van der Waals surface area contributed by atoms with Crippen LogP contribution in [-0.2, 0) is 0 Å². The molecular formula is C43H52F2N8. The summed E-state index contributed by atoms with van der Waals surface area (Å²) in [5.74, 6) is 1.81. The molecule has 3 aromatic carbocycles. The SMILES string of the molecule is CCCC1CCC(c2nc3ccc(C4CCC(c5ccc6nc(C7CC8CCCC8N7)[nH]c6c5)N4c4cc(F)c(N5CCCCC5)c(F)c4)cc3[nH]2)N1. The summed E-state index contributed by atoms with van der Waals surface area (Å²) < 4.78 is 32.3. The molecule has 0 radical (unpaired) electrons. The molecule has 10 rings (SSSR count). The van der Waals surface area contributed by atoms with Crippen LogP contribution >= 0.6 is 0 Å². The zero-order valence-electron chi connectivity index (χ0n) is 30.8. The smallest absolute Gasteiger partial charge is 0.151 e. The highest BCUT2D eigenvalue weighted by Crippen LogP contribution is 2.49. The number of hydrogen-bond acceptors (Lipinski definition) is 6. The van der Waals surface area contributed by atoms with Crippen molar-refractivity contribution in [1.29, 1.82) is 0 Å². The lowest BCUT2D eigenvalue weighted by atomic mass is 10.0. The first-order valence-corrected chi connectivity index (χ1v) is 20.5. The first-order valence-electron chi connectivity index (χ1n) is 20.5. The minimum Gasteiger partial charge on any atom is -0.367 e. The average Bonchev–Trinajstić information content (AvgIpc) is 4.01. The third-order valence-electron chi connectivity index (χ3n) is 13.3. The van der Waals surface area contributed by atoms with Gasteiger partial charge in [-0.05, 0) is 124 Å². The maximum absolute atomic E-state index is 16.1. The van der Waals surface area contributed by atoms with Crippen molar-refractivity contribution in [2.45, 2.75) is 127 Å². The van der Waals surface area contributed by atoms with E-state index in [0.717, 1.165) is 95.7 Å². The molecule has 5 fully saturated rings. The van der Waals surface area contributed by atoms with E-state index in [2.05, 4.69) is 68.8 Å².